The molecule has 170 valence electrons. The van der Waals surface area contributed by atoms with E-state index in [1.54, 1.807) is 11.6 Å². The summed E-state index contributed by atoms with van der Waals surface area (Å²) in [5, 5.41) is 18.6. The van der Waals surface area contributed by atoms with E-state index in [9.17, 15) is 19.5 Å². The summed E-state index contributed by atoms with van der Waals surface area (Å²) < 4.78 is 1.66. The van der Waals surface area contributed by atoms with Gasteiger partial charge in [-0.15, -0.1) is 5.10 Å². The first-order chi connectivity index (χ1) is 15.1. The Hall–Kier alpha value is -3.27. The van der Waals surface area contributed by atoms with Crippen LogP contribution in [0.15, 0.2) is 30.3 Å². The van der Waals surface area contributed by atoms with Crippen LogP contribution in [-0.4, -0.2) is 77.9 Å². The summed E-state index contributed by atoms with van der Waals surface area (Å²) in [6.07, 6.45) is 1.15. The predicted octanol–water partition coefficient (Wildman–Crippen LogP) is 0.0766. The number of carbonyl (C=O) groups is 3. The number of nitrogens with two attached hydrogens (primary N) is 1. The fourth-order valence-corrected chi connectivity index (χ4v) is 4.84. The minimum Gasteiger partial charge on any atom is -0.388 e. The topological polar surface area (TPSA) is 135 Å². The minimum absolute atomic E-state index is 0.145. The van der Waals surface area contributed by atoms with Crippen molar-refractivity contribution in [3.63, 3.8) is 0 Å². The molecule has 2 aromatic rings. The number of primary amides is 1. The number of likely N-dealkylation sites (tertiary alicyclic amines) is 2. The maximum atomic E-state index is 13.4. The van der Waals surface area contributed by atoms with Crippen molar-refractivity contribution in [1.82, 2.24) is 24.8 Å². The van der Waals surface area contributed by atoms with Crippen molar-refractivity contribution in [2.24, 2.45) is 5.73 Å². The first-order valence-corrected chi connectivity index (χ1v) is 10.6. The smallest absolute Gasteiger partial charge is 0.277 e. The van der Waals surface area contributed by atoms with E-state index in [1.165, 1.54) is 23.6 Å². The molecule has 2 saturated heterocycles. The summed E-state index contributed by atoms with van der Waals surface area (Å²) in [6, 6.07) is 8.57. The van der Waals surface area contributed by atoms with Gasteiger partial charge in [0.05, 0.1) is 24.4 Å². The number of carbonyl (C=O) groups excluding carboxylic acids is 3. The van der Waals surface area contributed by atoms with Crippen LogP contribution in [0.25, 0.3) is 0 Å². The molecule has 2 fully saturated rings. The molecule has 3 N–H and O–H groups in total. The van der Waals surface area contributed by atoms with Gasteiger partial charge in [-0.1, -0.05) is 35.5 Å². The van der Waals surface area contributed by atoms with Crippen LogP contribution < -0.4 is 5.73 Å². The van der Waals surface area contributed by atoms with Gasteiger partial charge in [-0.2, -0.15) is 0 Å². The van der Waals surface area contributed by atoms with Gasteiger partial charge in [-0.25, -0.2) is 4.68 Å². The number of aliphatic hydroxyl groups is 1. The maximum Gasteiger partial charge on any atom is 0.277 e. The lowest BCUT2D eigenvalue weighted by Crippen LogP contribution is -2.78. The van der Waals surface area contributed by atoms with Gasteiger partial charge >= 0.3 is 0 Å². The number of benzene rings is 1. The first-order valence-electron chi connectivity index (χ1n) is 10.6. The molecule has 10 heteroatoms. The van der Waals surface area contributed by atoms with Crippen LogP contribution in [0.4, 0.5) is 0 Å². The Morgan fingerprint density at radius 1 is 1.28 bits per heavy atom. The van der Waals surface area contributed by atoms with Crippen LogP contribution in [0, 0.1) is 6.92 Å². The molecule has 0 saturated carbocycles. The molecule has 3 heterocycles. The fraction of sp³-hybridized carbons (Fsp3) is 0.500. The predicted molar refractivity (Wildman–Crippen MR) is 114 cm³/mol. The average Bonchev–Trinajstić information content (AvgIpc) is 3.32. The highest BCUT2D eigenvalue weighted by molar-refractivity contribution is 6.03. The summed E-state index contributed by atoms with van der Waals surface area (Å²) >= 11 is 0. The summed E-state index contributed by atoms with van der Waals surface area (Å²) in [5.74, 6) is -1.51. The van der Waals surface area contributed by atoms with Crippen molar-refractivity contribution in [3.8, 4) is 0 Å². The molecule has 4 rings (SSSR count). The van der Waals surface area contributed by atoms with Crippen molar-refractivity contribution in [2.75, 3.05) is 13.1 Å². The SMILES string of the molecule is Cc1c(C(=O)N2CCCC23CN([C@H](C(N)=O)C(C)(C)O)C3=O)nnn1Cc1ccccc1. The van der Waals surface area contributed by atoms with E-state index in [0.29, 0.717) is 31.6 Å². The first kappa shape index (κ1) is 21.9. The molecule has 2 atom stereocenters. The number of nitrogens with zero attached hydrogens (tertiary/aromatic N) is 5. The standard InChI is InChI=1S/C22H28N6O4/c1-14-16(24-25-28(14)12-15-8-5-4-6-9-15)19(30)27-11-7-10-22(27)13-26(20(22)31)17(18(23)29)21(2,3)32/h4-6,8-9,17,32H,7,10-13H2,1-3H3,(H2,23,29)/t17-,22?/m1/s1. The van der Waals surface area contributed by atoms with E-state index in [1.807, 2.05) is 30.3 Å². The van der Waals surface area contributed by atoms with Crippen LogP contribution in [0.2, 0.25) is 0 Å². The molecule has 2 aliphatic heterocycles. The number of amides is 3. The molecule has 1 spiro atoms. The van der Waals surface area contributed by atoms with Crippen LogP contribution in [-0.2, 0) is 16.1 Å². The Labute approximate surface area is 186 Å². The molecule has 3 amide bonds. The number of aromatic nitrogens is 3. The monoisotopic (exact) mass is 440 g/mol. The molecule has 2 aliphatic rings. The van der Waals surface area contributed by atoms with Crippen LogP contribution in [0.3, 0.4) is 0 Å². The third-order valence-electron chi connectivity index (χ3n) is 6.44. The lowest BCUT2D eigenvalue weighted by molar-refractivity contribution is -0.174. The van der Waals surface area contributed by atoms with Gasteiger partial charge in [0.15, 0.2) is 5.69 Å². The van der Waals surface area contributed by atoms with Gasteiger partial charge in [-0.05, 0) is 39.2 Å². The molecule has 0 radical (unpaired) electrons. The van der Waals surface area contributed by atoms with E-state index in [0.717, 1.165) is 5.56 Å². The van der Waals surface area contributed by atoms with Crippen molar-refractivity contribution in [1.29, 1.82) is 0 Å². The molecule has 1 unspecified atom stereocenters. The zero-order valence-electron chi connectivity index (χ0n) is 18.5. The van der Waals surface area contributed by atoms with Gasteiger partial charge < -0.3 is 20.6 Å². The van der Waals surface area contributed by atoms with Crippen LogP contribution in [0.5, 0.6) is 0 Å². The largest absolute Gasteiger partial charge is 0.388 e. The summed E-state index contributed by atoms with van der Waals surface area (Å²) in [6.45, 7) is 5.70. The van der Waals surface area contributed by atoms with Crippen molar-refractivity contribution >= 4 is 17.7 Å². The van der Waals surface area contributed by atoms with Crippen molar-refractivity contribution in [3.05, 3.63) is 47.3 Å². The second kappa shape index (κ2) is 7.70. The lowest BCUT2D eigenvalue weighted by atomic mass is 9.81. The van der Waals surface area contributed by atoms with Gasteiger partial charge in [0.25, 0.3) is 11.8 Å². The molecule has 32 heavy (non-hydrogen) atoms. The lowest BCUT2D eigenvalue weighted by Gasteiger charge is -2.54. The van der Waals surface area contributed by atoms with Gasteiger partial charge in [0.1, 0.15) is 11.6 Å². The fourth-order valence-electron chi connectivity index (χ4n) is 4.84. The zero-order valence-corrected chi connectivity index (χ0v) is 18.5. The molecule has 0 bridgehead atoms. The van der Waals surface area contributed by atoms with E-state index in [-0.39, 0.29) is 24.1 Å². The molecular weight excluding hydrogens is 412 g/mol. The third kappa shape index (κ3) is 3.44. The molecule has 0 aliphatic carbocycles. The minimum atomic E-state index is -1.49. The highest BCUT2D eigenvalue weighted by Gasteiger charge is 2.63. The van der Waals surface area contributed by atoms with Gasteiger partial charge in [0, 0.05) is 6.54 Å². The van der Waals surface area contributed by atoms with E-state index < -0.39 is 23.1 Å². The van der Waals surface area contributed by atoms with E-state index >= 15 is 0 Å². The van der Waals surface area contributed by atoms with Crippen LogP contribution in [0.1, 0.15) is 48.4 Å². The van der Waals surface area contributed by atoms with Crippen molar-refractivity contribution in [2.45, 2.75) is 57.3 Å². The number of hydrogen-bond donors (Lipinski definition) is 2. The second-order valence-electron chi connectivity index (χ2n) is 9.15. The average molecular weight is 441 g/mol. The van der Waals surface area contributed by atoms with Gasteiger partial charge in [0.2, 0.25) is 5.91 Å². The Kier molecular flexibility index (Phi) is 5.28. The Morgan fingerprint density at radius 2 is 1.97 bits per heavy atom. The third-order valence-corrected chi connectivity index (χ3v) is 6.44. The van der Waals surface area contributed by atoms with E-state index in [2.05, 4.69) is 10.3 Å². The number of β-lactam (4-membered cyclic amide) rings is 1. The highest BCUT2D eigenvalue weighted by atomic mass is 16.3. The van der Waals surface area contributed by atoms with Crippen LogP contribution >= 0.6 is 0 Å². The van der Waals surface area contributed by atoms with Crippen molar-refractivity contribution < 1.29 is 19.5 Å². The summed E-state index contributed by atoms with van der Waals surface area (Å²) in [4.78, 5) is 41.4. The summed E-state index contributed by atoms with van der Waals surface area (Å²) in [7, 11) is 0. The molecule has 1 aromatic carbocycles. The molecule has 10 nitrogen and oxygen atoms in total. The Balaban J connectivity index is 1.55. The Bertz CT molecular complexity index is 1060. The second-order valence-corrected chi connectivity index (χ2v) is 9.15. The summed E-state index contributed by atoms with van der Waals surface area (Å²) in [5.41, 5.74) is 4.80. The quantitative estimate of drug-likeness (QED) is 0.611. The normalized spacial score (nSPS) is 21.7. The Morgan fingerprint density at radius 3 is 2.56 bits per heavy atom. The zero-order chi connectivity index (χ0) is 23.3. The molecule has 1 aromatic heterocycles. The number of hydrogen-bond acceptors (Lipinski definition) is 6. The van der Waals surface area contributed by atoms with E-state index in [4.69, 9.17) is 5.73 Å². The maximum absolute atomic E-state index is 13.4. The highest BCUT2D eigenvalue weighted by Crippen LogP contribution is 2.42. The molecular formula is C22H28N6O4. The number of rotatable bonds is 6. The van der Waals surface area contributed by atoms with Gasteiger partial charge in [-0.3, -0.25) is 14.4 Å².